The number of thiazole rings is 1. The van der Waals surface area contributed by atoms with Crippen LogP contribution in [0.5, 0.6) is 0 Å². The molecule has 1 N–H and O–H groups in total. The molecular formula is C18H10Cl3N3S. The van der Waals surface area contributed by atoms with Crippen LogP contribution in [0.25, 0.3) is 16.8 Å². The summed E-state index contributed by atoms with van der Waals surface area (Å²) in [6, 6.07) is 14.8. The van der Waals surface area contributed by atoms with Crippen LogP contribution >= 0.6 is 46.1 Å². The Bertz CT molecular complexity index is 989. The number of rotatable bonds is 4. The molecule has 1 aromatic heterocycles. The molecule has 7 heteroatoms. The lowest BCUT2D eigenvalue weighted by Gasteiger charge is -2.03. The molecule has 0 fully saturated rings. The number of nitriles is 1. The van der Waals surface area contributed by atoms with Crippen molar-refractivity contribution in [3.8, 4) is 17.3 Å². The van der Waals surface area contributed by atoms with E-state index in [9.17, 15) is 5.26 Å². The van der Waals surface area contributed by atoms with Gasteiger partial charge in [0.25, 0.3) is 0 Å². The summed E-state index contributed by atoms with van der Waals surface area (Å²) in [5, 5.41) is 16.5. The standard InChI is InChI=1S/C18H10Cl3N3S/c19-13-6-5-11(7-15(13)21)17-10-25-18(24-17)12(8-22)9-23-16-4-2-1-3-14(16)20/h1-7,9-10,23H. The first kappa shape index (κ1) is 17.8. The SMILES string of the molecule is N#CC(=CNc1ccccc1Cl)c1nc(-c2ccc(Cl)c(Cl)c2)cs1. The number of allylic oxidation sites excluding steroid dienone is 1. The fraction of sp³-hybridized carbons (Fsp3) is 0. The summed E-state index contributed by atoms with van der Waals surface area (Å²) in [4.78, 5) is 4.51. The van der Waals surface area contributed by atoms with Gasteiger partial charge in [-0.1, -0.05) is 53.0 Å². The van der Waals surface area contributed by atoms with Gasteiger partial charge in [-0.25, -0.2) is 4.98 Å². The Labute approximate surface area is 164 Å². The normalized spacial score (nSPS) is 11.2. The summed E-state index contributed by atoms with van der Waals surface area (Å²) < 4.78 is 0. The van der Waals surface area contributed by atoms with Gasteiger partial charge in [0, 0.05) is 17.1 Å². The van der Waals surface area contributed by atoms with Gasteiger partial charge in [-0.2, -0.15) is 5.26 Å². The Morgan fingerprint density at radius 1 is 1.08 bits per heavy atom. The Kier molecular flexibility index (Phi) is 5.62. The second kappa shape index (κ2) is 7.90. The average molecular weight is 407 g/mol. The average Bonchev–Trinajstić information content (AvgIpc) is 3.09. The molecule has 0 radical (unpaired) electrons. The topological polar surface area (TPSA) is 48.7 Å². The second-order valence-corrected chi connectivity index (χ2v) is 7.04. The minimum Gasteiger partial charge on any atom is -0.359 e. The van der Waals surface area contributed by atoms with E-state index in [1.54, 1.807) is 24.4 Å². The molecule has 25 heavy (non-hydrogen) atoms. The number of nitrogens with one attached hydrogen (secondary N) is 1. The zero-order valence-electron chi connectivity index (χ0n) is 12.6. The molecule has 3 rings (SSSR count). The molecule has 0 aliphatic rings. The lowest BCUT2D eigenvalue weighted by molar-refractivity contribution is 1.36. The minimum absolute atomic E-state index is 0.413. The first-order valence-corrected chi connectivity index (χ1v) is 9.12. The highest BCUT2D eigenvalue weighted by Crippen LogP contribution is 2.31. The number of anilines is 1. The van der Waals surface area contributed by atoms with Crippen LogP contribution in [0.4, 0.5) is 5.69 Å². The molecule has 0 unspecified atom stereocenters. The van der Waals surface area contributed by atoms with Gasteiger partial charge in [-0.3, -0.25) is 0 Å². The summed E-state index contributed by atoms with van der Waals surface area (Å²) >= 11 is 19.5. The smallest absolute Gasteiger partial charge is 0.136 e. The van der Waals surface area contributed by atoms with Gasteiger partial charge in [0.1, 0.15) is 16.6 Å². The molecule has 0 saturated heterocycles. The predicted octanol–water partition coefficient (Wildman–Crippen LogP) is 6.75. The van der Waals surface area contributed by atoms with Crippen LogP contribution < -0.4 is 5.32 Å². The fourth-order valence-corrected chi connectivity index (χ4v) is 3.34. The molecule has 0 aliphatic heterocycles. The monoisotopic (exact) mass is 405 g/mol. The zero-order chi connectivity index (χ0) is 17.8. The molecule has 3 aromatic rings. The third kappa shape index (κ3) is 4.15. The number of nitrogens with zero attached hydrogens (tertiary/aromatic N) is 2. The third-order valence-corrected chi connectivity index (χ3v) is 5.26. The molecule has 0 spiro atoms. The Morgan fingerprint density at radius 2 is 1.88 bits per heavy atom. The van der Waals surface area contributed by atoms with Crippen molar-refractivity contribution in [3.63, 3.8) is 0 Å². The molecule has 2 aromatic carbocycles. The first-order valence-electron chi connectivity index (χ1n) is 7.11. The predicted molar refractivity (Wildman–Crippen MR) is 106 cm³/mol. The van der Waals surface area contributed by atoms with Gasteiger partial charge in [-0.15, -0.1) is 11.3 Å². The molecule has 0 atom stereocenters. The van der Waals surface area contributed by atoms with Gasteiger partial charge in [0.2, 0.25) is 0 Å². The van der Waals surface area contributed by atoms with Crippen molar-refractivity contribution in [1.29, 1.82) is 5.26 Å². The summed E-state index contributed by atoms with van der Waals surface area (Å²) in [7, 11) is 0. The van der Waals surface area contributed by atoms with Crippen LogP contribution in [0.1, 0.15) is 5.01 Å². The number of halogens is 3. The maximum Gasteiger partial charge on any atom is 0.136 e. The summed E-state index contributed by atoms with van der Waals surface area (Å²) in [5.41, 5.74) is 2.71. The van der Waals surface area contributed by atoms with Gasteiger partial charge < -0.3 is 5.32 Å². The molecule has 1 heterocycles. The van der Waals surface area contributed by atoms with Crippen LogP contribution in [0.15, 0.2) is 54.0 Å². The summed E-state index contributed by atoms with van der Waals surface area (Å²) in [5.74, 6) is 0. The number of hydrogen-bond acceptors (Lipinski definition) is 4. The lowest BCUT2D eigenvalue weighted by Crippen LogP contribution is -1.91. The Hall–Kier alpha value is -2.03. The van der Waals surface area contributed by atoms with Crippen molar-refractivity contribution in [2.45, 2.75) is 0 Å². The quantitative estimate of drug-likeness (QED) is 0.488. The Morgan fingerprint density at radius 3 is 2.60 bits per heavy atom. The van der Waals surface area contributed by atoms with Gasteiger partial charge >= 0.3 is 0 Å². The van der Waals surface area contributed by atoms with Crippen molar-refractivity contribution in [1.82, 2.24) is 4.98 Å². The highest BCUT2D eigenvalue weighted by molar-refractivity contribution is 7.11. The molecule has 124 valence electrons. The molecule has 3 nitrogen and oxygen atoms in total. The van der Waals surface area contributed by atoms with E-state index < -0.39 is 0 Å². The Balaban J connectivity index is 1.86. The van der Waals surface area contributed by atoms with Crippen LogP contribution in [0.3, 0.4) is 0 Å². The van der Waals surface area contributed by atoms with Gasteiger partial charge in [-0.05, 0) is 24.3 Å². The molecule has 0 bridgehead atoms. The van der Waals surface area contributed by atoms with Crippen LogP contribution in [0, 0.1) is 11.3 Å². The van der Waals surface area contributed by atoms with E-state index in [1.165, 1.54) is 11.3 Å². The van der Waals surface area contributed by atoms with E-state index in [0.29, 0.717) is 25.6 Å². The largest absolute Gasteiger partial charge is 0.359 e. The first-order chi connectivity index (χ1) is 12.1. The van der Waals surface area contributed by atoms with E-state index in [2.05, 4.69) is 16.4 Å². The molecular weight excluding hydrogens is 397 g/mol. The van der Waals surface area contributed by atoms with E-state index in [4.69, 9.17) is 34.8 Å². The minimum atomic E-state index is 0.413. The lowest BCUT2D eigenvalue weighted by atomic mass is 10.2. The van der Waals surface area contributed by atoms with Crippen LogP contribution in [-0.2, 0) is 0 Å². The second-order valence-electron chi connectivity index (χ2n) is 4.96. The molecule has 0 amide bonds. The number of benzene rings is 2. The number of hydrogen-bond donors (Lipinski definition) is 1. The van der Waals surface area contributed by atoms with Crippen LogP contribution in [-0.4, -0.2) is 4.98 Å². The van der Waals surface area contributed by atoms with Crippen LogP contribution in [0.2, 0.25) is 15.1 Å². The number of para-hydroxylation sites is 1. The van der Waals surface area contributed by atoms with Crippen molar-refractivity contribution < 1.29 is 0 Å². The summed E-state index contributed by atoms with van der Waals surface area (Å²) in [6.07, 6.45) is 1.60. The number of aromatic nitrogens is 1. The van der Waals surface area contributed by atoms with E-state index >= 15 is 0 Å². The maximum atomic E-state index is 9.42. The van der Waals surface area contributed by atoms with Gasteiger partial charge in [0.15, 0.2) is 0 Å². The van der Waals surface area contributed by atoms with E-state index in [1.807, 2.05) is 29.6 Å². The highest BCUT2D eigenvalue weighted by atomic mass is 35.5. The van der Waals surface area contributed by atoms with Crippen molar-refractivity contribution in [2.24, 2.45) is 0 Å². The van der Waals surface area contributed by atoms with E-state index in [0.717, 1.165) is 16.9 Å². The van der Waals surface area contributed by atoms with Crippen molar-refractivity contribution in [3.05, 3.63) is 74.1 Å². The molecule has 0 aliphatic carbocycles. The van der Waals surface area contributed by atoms with Crippen molar-refractivity contribution in [2.75, 3.05) is 5.32 Å². The third-order valence-electron chi connectivity index (χ3n) is 3.32. The summed E-state index contributed by atoms with van der Waals surface area (Å²) in [6.45, 7) is 0. The van der Waals surface area contributed by atoms with Crippen molar-refractivity contribution >= 4 is 57.4 Å². The zero-order valence-corrected chi connectivity index (χ0v) is 15.7. The molecule has 0 saturated carbocycles. The highest BCUT2D eigenvalue weighted by Gasteiger charge is 2.10. The maximum absolute atomic E-state index is 9.42. The van der Waals surface area contributed by atoms with E-state index in [-0.39, 0.29) is 0 Å². The fourth-order valence-electron chi connectivity index (χ4n) is 2.06. The van der Waals surface area contributed by atoms with Gasteiger partial charge in [0.05, 0.1) is 26.4 Å².